The molecule has 2 aromatic rings. The SMILES string of the molecule is CC(C)c1ccc(-n2nnnc2SCC(=O)N[C@H](C)C2CC2)cc1. The van der Waals surface area contributed by atoms with Crippen molar-refractivity contribution in [1.29, 1.82) is 0 Å². The molecule has 0 spiro atoms. The van der Waals surface area contributed by atoms with E-state index in [9.17, 15) is 4.79 Å². The van der Waals surface area contributed by atoms with Crippen LogP contribution >= 0.6 is 11.8 Å². The van der Waals surface area contributed by atoms with E-state index < -0.39 is 0 Å². The van der Waals surface area contributed by atoms with Gasteiger partial charge in [-0.25, -0.2) is 0 Å². The zero-order valence-corrected chi connectivity index (χ0v) is 15.1. The predicted octanol–water partition coefficient (Wildman–Crippen LogP) is 2.79. The summed E-state index contributed by atoms with van der Waals surface area (Å²) in [6.07, 6.45) is 2.44. The molecule has 6 nitrogen and oxygen atoms in total. The number of hydrogen-bond acceptors (Lipinski definition) is 5. The highest BCUT2D eigenvalue weighted by Gasteiger charge is 2.28. The Morgan fingerprint density at radius 2 is 2.00 bits per heavy atom. The second kappa shape index (κ2) is 7.34. The van der Waals surface area contributed by atoms with E-state index in [1.807, 2.05) is 12.1 Å². The molecule has 1 N–H and O–H groups in total. The Bertz CT molecular complexity index is 693. The minimum atomic E-state index is 0.0316. The van der Waals surface area contributed by atoms with Gasteiger partial charge in [0.15, 0.2) is 0 Å². The van der Waals surface area contributed by atoms with Crippen molar-refractivity contribution in [1.82, 2.24) is 25.5 Å². The van der Waals surface area contributed by atoms with Crippen LogP contribution in [0, 0.1) is 5.92 Å². The van der Waals surface area contributed by atoms with Gasteiger partial charge in [0.2, 0.25) is 11.1 Å². The maximum Gasteiger partial charge on any atom is 0.230 e. The molecule has 1 saturated carbocycles. The maximum atomic E-state index is 12.0. The summed E-state index contributed by atoms with van der Waals surface area (Å²) in [6, 6.07) is 8.44. The molecule has 7 heteroatoms. The van der Waals surface area contributed by atoms with Crippen LogP contribution in [0.1, 0.15) is 45.1 Å². The van der Waals surface area contributed by atoms with E-state index in [0.717, 1.165) is 5.69 Å². The Kier molecular flexibility index (Phi) is 5.18. The molecule has 128 valence electrons. The van der Waals surface area contributed by atoms with Crippen LogP contribution in [0.25, 0.3) is 5.69 Å². The summed E-state index contributed by atoms with van der Waals surface area (Å²) < 4.78 is 1.67. The lowest BCUT2D eigenvalue weighted by Crippen LogP contribution is -2.35. The summed E-state index contributed by atoms with van der Waals surface area (Å²) in [5.74, 6) is 1.49. The molecular weight excluding hydrogens is 322 g/mol. The molecule has 0 unspecified atom stereocenters. The fraction of sp³-hybridized carbons (Fsp3) is 0.529. The van der Waals surface area contributed by atoms with Crippen molar-refractivity contribution in [3.63, 3.8) is 0 Å². The number of benzene rings is 1. The van der Waals surface area contributed by atoms with Crippen molar-refractivity contribution in [2.24, 2.45) is 5.92 Å². The monoisotopic (exact) mass is 345 g/mol. The Labute approximate surface area is 146 Å². The van der Waals surface area contributed by atoms with Crippen LogP contribution < -0.4 is 5.32 Å². The highest BCUT2D eigenvalue weighted by Crippen LogP contribution is 2.32. The average Bonchev–Trinajstić information content (AvgIpc) is 3.32. The molecule has 24 heavy (non-hydrogen) atoms. The third-order valence-corrected chi connectivity index (χ3v) is 5.21. The summed E-state index contributed by atoms with van der Waals surface area (Å²) in [4.78, 5) is 12.0. The Hall–Kier alpha value is -1.89. The van der Waals surface area contributed by atoms with Crippen LogP contribution in [0.5, 0.6) is 0 Å². The van der Waals surface area contributed by atoms with E-state index in [4.69, 9.17) is 0 Å². The second-order valence-electron chi connectivity index (χ2n) is 6.60. The van der Waals surface area contributed by atoms with Gasteiger partial charge in [0.25, 0.3) is 0 Å². The smallest absolute Gasteiger partial charge is 0.230 e. The molecule has 0 saturated heterocycles. The van der Waals surface area contributed by atoms with Crippen LogP contribution in [0.3, 0.4) is 0 Å². The van der Waals surface area contributed by atoms with Gasteiger partial charge < -0.3 is 5.32 Å². The molecule has 1 aliphatic rings. The van der Waals surface area contributed by atoms with Gasteiger partial charge in [0, 0.05) is 6.04 Å². The Morgan fingerprint density at radius 3 is 2.62 bits per heavy atom. The first-order valence-electron chi connectivity index (χ1n) is 8.35. The zero-order chi connectivity index (χ0) is 17.1. The summed E-state index contributed by atoms with van der Waals surface area (Å²) in [6.45, 7) is 6.39. The van der Waals surface area contributed by atoms with Gasteiger partial charge in [-0.3, -0.25) is 4.79 Å². The van der Waals surface area contributed by atoms with Gasteiger partial charge in [-0.05, 0) is 59.7 Å². The molecule has 0 aliphatic heterocycles. The average molecular weight is 345 g/mol. The molecule has 1 aliphatic carbocycles. The number of aromatic nitrogens is 4. The van der Waals surface area contributed by atoms with Crippen molar-refractivity contribution in [3.05, 3.63) is 29.8 Å². The number of carbonyl (C=O) groups excluding carboxylic acids is 1. The molecule has 0 radical (unpaired) electrons. The highest BCUT2D eigenvalue weighted by atomic mass is 32.2. The van der Waals surface area contributed by atoms with Crippen molar-refractivity contribution >= 4 is 17.7 Å². The van der Waals surface area contributed by atoms with E-state index >= 15 is 0 Å². The minimum Gasteiger partial charge on any atom is -0.353 e. The summed E-state index contributed by atoms with van der Waals surface area (Å²) in [7, 11) is 0. The van der Waals surface area contributed by atoms with Gasteiger partial charge >= 0.3 is 0 Å². The van der Waals surface area contributed by atoms with E-state index in [2.05, 4.69) is 53.7 Å². The van der Waals surface area contributed by atoms with Gasteiger partial charge in [0.05, 0.1) is 11.4 Å². The standard InChI is InChI=1S/C17H23N5OS/c1-11(2)13-6-8-15(9-7-13)22-17(19-20-21-22)24-10-16(23)18-12(3)14-4-5-14/h6-9,11-12,14H,4-5,10H2,1-3H3,(H,18,23)/t12-/m1/s1. The van der Waals surface area contributed by atoms with Crippen molar-refractivity contribution in [3.8, 4) is 5.69 Å². The quantitative estimate of drug-likeness (QED) is 0.781. The van der Waals surface area contributed by atoms with Gasteiger partial charge in [-0.15, -0.1) is 5.10 Å². The van der Waals surface area contributed by atoms with Crippen LogP contribution in [-0.2, 0) is 4.79 Å². The van der Waals surface area contributed by atoms with Crippen LogP contribution in [0.2, 0.25) is 0 Å². The van der Waals surface area contributed by atoms with E-state index in [-0.39, 0.29) is 11.9 Å². The second-order valence-corrected chi connectivity index (χ2v) is 7.54. The summed E-state index contributed by atoms with van der Waals surface area (Å²) in [5, 5.41) is 15.5. The fourth-order valence-electron chi connectivity index (χ4n) is 2.57. The molecule has 1 atom stereocenters. The minimum absolute atomic E-state index is 0.0316. The van der Waals surface area contributed by atoms with Gasteiger partial charge in [0.1, 0.15) is 0 Å². The van der Waals surface area contributed by atoms with Crippen molar-refractivity contribution in [2.75, 3.05) is 5.75 Å². The number of nitrogens with one attached hydrogen (secondary N) is 1. The van der Waals surface area contributed by atoms with Crippen LogP contribution in [0.15, 0.2) is 29.4 Å². The maximum absolute atomic E-state index is 12.0. The van der Waals surface area contributed by atoms with E-state index in [0.29, 0.717) is 22.7 Å². The van der Waals surface area contributed by atoms with Crippen molar-refractivity contribution in [2.45, 2.75) is 50.7 Å². The molecule has 1 fully saturated rings. The van der Waals surface area contributed by atoms with Crippen molar-refractivity contribution < 1.29 is 4.79 Å². The molecular formula is C17H23N5OS. The first-order valence-corrected chi connectivity index (χ1v) is 9.34. The first-order chi connectivity index (χ1) is 11.5. The Morgan fingerprint density at radius 1 is 1.29 bits per heavy atom. The highest BCUT2D eigenvalue weighted by molar-refractivity contribution is 7.99. The third kappa shape index (κ3) is 4.14. The molecule has 1 heterocycles. The lowest BCUT2D eigenvalue weighted by atomic mass is 10.0. The molecule has 1 aromatic carbocycles. The number of nitrogens with zero attached hydrogens (tertiary/aromatic N) is 4. The summed E-state index contributed by atoms with van der Waals surface area (Å²) >= 11 is 1.36. The number of tetrazole rings is 1. The van der Waals surface area contributed by atoms with Gasteiger partial charge in [-0.2, -0.15) is 4.68 Å². The van der Waals surface area contributed by atoms with Crippen LogP contribution in [0.4, 0.5) is 0 Å². The molecule has 1 amide bonds. The topological polar surface area (TPSA) is 72.7 Å². The van der Waals surface area contributed by atoms with Gasteiger partial charge in [-0.1, -0.05) is 37.7 Å². The Balaban J connectivity index is 1.61. The molecule has 0 bridgehead atoms. The summed E-state index contributed by atoms with van der Waals surface area (Å²) in [5.41, 5.74) is 2.17. The normalized spacial score (nSPS) is 15.5. The van der Waals surface area contributed by atoms with Crippen LogP contribution in [-0.4, -0.2) is 37.9 Å². The molecule has 3 rings (SSSR count). The number of rotatable bonds is 7. The fourth-order valence-corrected chi connectivity index (χ4v) is 3.27. The number of thioether (sulfide) groups is 1. The molecule has 1 aromatic heterocycles. The first kappa shape index (κ1) is 17.0. The third-order valence-electron chi connectivity index (χ3n) is 4.30. The number of hydrogen-bond donors (Lipinski definition) is 1. The number of amides is 1. The number of carbonyl (C=O) groups is 1. The zero-order valence-electron chi connectivity index (χ0n) is 14.3. The van der Waals surface area contributed by atoms with E-state index in [1.165, 1.54) is 30.2 Å². The largest absolute Gasteiger partial charge is 0.353 e. The predicted molar refractivity (Wildman–Crippen MR) is 94.3 cm³/mol. The lowest BCUT2D eigenvalue weighted by molar-refractivity contribution is -0.119. The van der Waals surface area contributed by atoms with E-state index in [1.54, 1.807) is 4.68 Å². The lowest BCUT2D eigenvalue weighted by Gasteiger charge is -2.12.